The Morgan fingerprint density at radius 1 is 0.964 bits per heavy atom. The average Bonchev–Trinajstić information content (AvgIpc) is 3.14. The molecule has 2 nitrogen and oxygen atoms in total. The van der Waals surface area contributed by atoms with E-state index >= 15 is 0 Å². The second kappa shape index (κ2) is 6.55. The molecule has 1 aliphatic heterocycles. The summed E-state index contributed by atoms with van der Waals surface area (Å²) in [5, 5.41) is 2.78. The van der Waals surface area contributed by atoms with Crippen LogP contribution in [0.2, 0.25) is 5.04 Å². The van der Waals surface area contributed by atoms with Crippen molar-refractivity contribution in [1.29, 1.82) is 0 Å². The predicted molar refractivity (Wildman–Crippen MR) is 117 cm³/mol. The summed E-state index contributed by atoms with van der Waals surface area (Å²) in [4.78, 5) is 0. The van der Waals surface area contributed by atoms with Crippen LogP contribution in [-0.2, 0) is 9.16 Å². The van der Waals surface area contributed by atoms with Crippen molar-refractivity contribution < 1.29 is 9.16 Å². The standard InChI is InChI=1S/C25H32O2Si/c1-24(2,3)28(21-10-6-4-7-11-21,22-12-8-5-9-13-22)26-17-16-25-20-15-14-19(18-20)23(25)27-25/h4-13,19-20,23H,14-18H2,1-3H3/t19-,20+,23+,25-/m0/s1. The number of epoxide rings is 1. The average molecular weight is 393 g/mol. The highest BCUT2D eigenvalue weighted by Crippen LogP contribution is 2.65. The molecule has 28 heavy (non-hydrogen) atoms. The molecule has 0 amide bonds. The number of rotatable bonds is 6. The lowest BCUT2D eigenvalue weighted by Crippen LogP contribution is -2.66. The highest BCUT2D eigenvalue weighted by Gasteiger charge is 2.71. The summed E-state index contributed by atoms with van der Waals surface area (Å²) >= 11 is 0. The highest BCUT2D eigenvalue weighted by molar-refractivity contribution is 6.99. The molecule has 0 radical (unpaired) electrons. The van der Waals surface area contributed by atoms with E-state index in [2.05, 4.69) is 81.4 Å². The Labute approximate surface area is 170 Å². The quantitative estimate of drug-likeness (QED) is 0.532. The van der Waals surface area contributed by atoms with Gasteiger partial charge in [-0.15, -0.1) is 0 Å². The van der Waals surface area contributed by atoms with E-state index in [1.54, 1.807) is 0 Å². The maximum absolute atomic E-state index is 7.09. The first-order valence-corrected chi connectivity index (χ1v) is 12.8. The number of benzene rings is 2. The maximum atomic E-state index is 7.09. The molecule has 3 fully saturated rings. The minimum atomic E-state index is -2.41. The Balaban J connectivity index is 1.46. The molecule has 3 aliphatic rings. The van der Waals surface area contributed by atoms with Gasteiger partial charge >= 0.3 is 0 Å². The Bertz CT molecular complexity index is 789. The lowest BCUT2D eigenvalue weighted by molar-refractivity contribution is 0.157. The Hall–Kier alpha value is -1.42. The summed E-state index contributed by atoms with van der Waals surface area (Å²) in [6, 6.07) is 21.9. The van der Waals surface area contributed by atoms with E-state index in [-0.39, 0.29) is 10.6 Å². The Kier molecular flexibility index (Phi) is 4.35. The van der Waals surface area contributed by atoms with E-state index < -0.39 is 8.32 Å². The molecule has 2 bridgehead atoms. The molecule has 2 aliphatic carbocycles. The van der Waals surface area contributed by atoms with Crippen molar-refractivity contribution in [2.45, 2.75) is 63.2 Å². The first kappa shape index (κ1) is 18.6. The van der Waals surface area contributed by atoms with Crippen molar-refractivity contribution in [3.63, 3.8) is 0 Å². The van der Waals surface area contributed by atoms with Crippen LogP contribution in [0.15, 0.2) is 60.7 Å². The lowest BCUT2D eigenvalue weighted by atomic mass is 9.86. The van der Waals surface area contributed by atoms with E-state index in [9.17, 15) is 0 Å². The Morgan fingerprint density at radius 2 is 1.57 bits per heavy atom. The predicted octanol–water partition coefficient (Wildman–Crippen LogP) is 4.52. The molecule has 0 spiro atoms. The Morgan fingerprint density at radius 3 is 2.07 bits per heavy atom. The van der Waals surface area contributed by atoms with Gasteiger partial charge in [0.2, 0.25) is 0 Å². The SMILES string of the molecule is CC(C)(C)[Si](OCC[C@@]12O[C@@H]1[C@H]1CC[C@@H]2C1)(c1ccccc1)c1ccccc1. The van der Waals surface area contributed by atoms with E-state index in [0.29, 0.717) is 6.10 Å². The number of ether oxygens (including phenoxy) is 1. The minimum Gasteiger partial charge on any atom is -0.407 e. The summed E-state index contributed by atoms with van der Waals surface area (Å²) in [5.41, 5.74) is 0.161. The van der Waals surface area contributed by atoms with Gasteiger partial charge in [0.25, 0.3) is 8.32 Å². The van der Waals surface area contributed by atoms with Gasteiger partial charge in [0, 0.05) is 13.0 Å². The van der Waals surface area contributed by atoms with Crippen molar-refractivity contribution in [3.8, 4) is 0 Å². The molecule has 0 aromatic heterocycles. The molecular formula is C25H32O2Si. The van der Waals surface area contributed by atoms with Gasteiger partial charge < -0.3 is 9.16 Å². The smallest absolute Gasteiger partial charge is 0.261 e. The van der Waals surface area contributed by atoms with Crippen molar-refractivity contribution in [1.82, 2.24) is 0 Å². The molecule has 4 atom stereocenters. The van der Waals surface area contributed by atoms with Gasteiger partial charge in [-0.25, -0.2) is 0 Å². The molecule has 2 saturated carbocycles. The highest BCUT2D eigenvalue weighted by atomic mass is 28.4. The normalized spacial score (nSPS) is 31.0. The second-order valence-electron chi connectivity index (χ2n) is 10.0. The number of hydrogen-bond donors (Lipinski definition) is 0. The molecule has 2 aromatic carbocycles. The topological polar surface area (TPSA) is 21.8 Å². The summed E-state index contributed by atoms with van der Waals surface area (Å²) in [6.07, 6.45) is 5.73. The van der Waals surface area contributed by atoms with E-state index in [1.807, 2.05) is 0 Å². The van der Waals surface area contributed by atoms with Crippen LogP contribution in [0.25, 0.3) is 0 Å². The third-order valence-corrected chi connectivity index (χ3v) is 12.6. The van der Waals surface area contributed by atoms with Crippen LogP contribution in [0, 0.1) is 11.8 Å². The summed E-state index contributed by atoms with van der Waals surface area (Å²) < 4.78 is 13.4. The number of fused-ring (bicyclic) bond motifs is 5. The zero-order chi connectivity index (χ0) is 19.4. The van der Waals surface area contributed by atoms with Gasteiger partial charge in [-0.1, -0.05) is 81.4 Å². The zero-order valence-electron chi connectivity index (χ0n) is 17.4. The lowest BCUT2D eigenvalue weighted by Gasteiger charge is -2.43. The van der Waals surface area contributed by atoms with Gasteiger partial charge in [-0.05, 0) is 46.5 Å². The van der Waals surface area contributed by atoms with E-state index in [0.717, 1.165) is 24.9 Å². The van der Waals surface area contributed by atoms with Crippen LogP contribution in [0.3, 0.4) is 0 Å². The van der Waals surface area contributed by atoms with Crippen LogP contribution < -0.4 is 10.4 Å². The zero-order valence-corrected chi connectivity index (χ0v) is 18.4. The van der Waals surface area contributed by atoms with Crippen LogP contribution >= 0.6 is 0 Å². The molecule has 5 rings (SSSR count). The van der Waals surface area contributed by atoms with Crippen molar-refractivity contribution >= 4 is 18.7 Å². The molecule has 0 unspecified atom stereocenters. The summed E-state index contributed by atoms with van der Waals surface area (Å²) in [5.74, 6) is 1.61. The van der Waals surface area contributed by atoms with Gasteiger partial charge in [0.1, 0.15) is 5.60 Å². The van der Waals surface area contributed by atoms with Gasteiger partial charge in [-0.2, -0.15) is 0 Å². The van der Waals surface area contributed by atoms with Gasteiger partial charge in [0.05, 0.1) is 6.10 Å². The van der Waals surface area contributed by atoms with E-state index in [1.165, 1.54) is 29.6 Å². The van der Waals surface area contributed by atoms with Crippen molar-refractivity contribution in [2.75, 3.05) is 6.61 Å². The van der Waals surface area contributed by atoms with Crippen molar-refractivity contribution in [2.24, 2.45) is 11.8 Å². The molecule has 2 aromatic rings. The fraction of sp³-hybridized carbons (Fsp3) is 0.520. The van der Waals surface area contributed by atoms with Crippen LogP contribution in [-0.4, -0.2) is 26.6 Å². The maximum Gasteiger partial charge on any atom is 0.261 e. The van der Waals surface area contributed by atoms with Gasteiger partial charge in [0.15, 0.2) is 0 Å². The van der Waals surface area contributed by atoms with Crippen LogP contribution in [0.4, 0.5) is 0 Å². The monoisotopic (exact) mass is 392 g/mol. The van der Waals surface area contributed by atoms with E-state index in [4.69, 9.17) is 9.16 Å². The van der Waals surface area contributed by atoms with Crippen molar-refractivity contribution in [3.05, 3.63) is 60.7 Å². The number of hydrogen-bond acceptors (Lipinski definition) is 2. The summed E-state index contributed by atoms with van der Waals surface area (Å²) in [6.45, 7) is 7.86. The third-order valence-electron chi connectivity index (χ3n) is 7.59. The first-order chi connectivity index (χ1) is 13.5. The third kappa shape index (κ3) is 2.67. The fourth-order valence-electron chi connectivity index (χ4n) is 6.29. The molecule has 0 N–H and O–H groups in total. The fourth-order valence-corrected chi connectivity index (χ4v) is 10.9. The molecule has 148 valence electrons. The molecule has 1 heterocycles. The molecular weight excluding hydrogens is 360 g/mol. The largest absolute Gasteiger partial charge is 0.407 e. The van der Waals surface area contributed by atoms with Crippen LogP contribution in [0.5, 0.6) is 0 Å². The first-order valence-electron chi connectivity index (χ1n) is 10.9. The minimum absolute atomic E-state index is 0.0475. The second-order valence-corrected chi connectivity index (χ2v) is 14.3. The molecule has 1 saturated heterocycles. The summed E-state index contributed by atoms with van der Waals surface area (Å²) in [7, 11) is -2.41. The van der Waals surface area contributed by atoms with Gasteiger partial charge in [-0.3, -0.25) is 0 Å². The van der Waals surface area contributed by atoms with Crippen LogP contribution in [0.1, 0.15) is 46.5 Å². The molecule has 3 heteroatoms.